The molecule has 0 aliphatic heterocycles. The minimum atomic E-state index is -0.208. The zero-order valence-corrected chi connectivity index (χ0v) is 13.7. The van der Waals surface area contributed by atoms with Crippen molar-refractivity contribution in [3.8, 4) is 0 Å². The first-order valence-electron chi connectivity index (χ1n) is 7.44. The second kappa shape index (κ2) is 6.58. The smallest absolute Gasteiger partial charge is 0.261 e. The van der Waals surface area contributed by atoms with Gasteiger partial charge >= 0.3 is 0 Å². The molecule has 2 aromatic rings. The van der Waals surface area contributed by atoms with Gasteiger partial charge in [-0.05, 0) is 36.8 Å². The summed E-state index contributed by atoms with van der Waals surface area (Å²) in [5, 5.41) is 13.7. The first kappa shape index (κ1) is 16.0. The van der Waals surface area contributed by atoms with E-state index in [-0.39, 0.29) is 17.9 Å². The van der Waals surface area contributed by atoms with Crippen LogP contribution in [0.25, 0.3) is 10.1 Å². The summed E-state index contributed by atoms with van der Waals surface area (Å²) in [7, 11) is 0. The lowest BCUT2D eigenvalue weighted by atomic mass is 9.83. The summed E-state index contributed by atoms with van der Waals surface area (Å²) in [6, 6.07) is 8.08. The van der Waals surface area contributed by atoms with E-state index in [0.717, 1.165) is 33.4 Å². The lowest BCUT2D eigenvalue weighted by Crippen LogP contribution is -2.39. The molecule has 0 saturated heterocycles. The molecular weight excluding hydrogens is 282 g/mol. The van der Waals surface area contributed by atoms with E-state index in [0.29, 0.717) is 6.54 Å². The van der Waals surface area contributed by atoms with Crippen molar-refractivity contribution in [2.24, 2.45) is 5.41 Å². The van der Waals surface area contributed by atoms with E-state index < -0.39 is 0 Å². The van der Waals surface area contributed by atoms with Gasteiger partial charge < -0.3 is 10.4 Å². The van der Waals surface area contributed by atoms with Gasteiger partial charge in [-0.15, -0.1) is 11.3 Å². The van der Waals surface area contributed by atoms with Crippen LogP contribution in [0.1, 0.15) is 41.9 Å². The summed E-state index contributed by atoms with van der Waals surface area (Å²) in [6.07, 6.45) is 1.71. The molecule has 1 aromatic carbocycles. The highest BCUT2D eigenvalue weighted by Gasteiger charge is 2.26. The summed E-state index contributed by atoms with van der Waals surface area (Å²) >= 11 is 1.53. The third kappa shape index (κ3) is 3.11. The largest absolute Gasteiger partial charge is 0.396 e. The molecule has 0 spiro atoms. The summed E-state index contributed by atoms with van der Waals surface area (Å²) in [6.45, 7) is 6.72. The Morgan fingerprint density at radius 2 is 1.95 bits per heavy atom. The highest BCUT2D eigenvalue weighted by molar-refractivity contribution is 7.21. The lowest BCUT2D eigenvalue weighted by Gasteiger charge is -2.29. The van der Waals surface area contributed by atoms with E-state index in [1.54, 1.807) is 0 Å². The van der Waals surface area contributed by atoms with Crippen molar-refractivity contribution in [2.75, 3.05) is 13.2 Å². The summed E-state index contributed by atoms with van der Waals surface area (Å²) in [4.78, 5) is 13.2. The predicted octanol–water partition coefficient (Wildman–Crippen LogP) is 3.74. The highest BCUT2D eigenvalue weighted by Crippen LogP contribution is 2.31. The van der Waals surface area contributed by atoms with Gasteiger partial charge in [-0.25, -0.2) is 0 Å². The Balaban J connectivity index is 2.17. The maximum atomic E-state index is 12.4. The molecular formula is C17H23NO2S. The lowest BCUT2D eigenvalue weighted by molar-refractivity contribution is 0.0854. The Bertz CT molecular complexity index is 620. The maximum Gasteiger partial charge on any atom is 0.261 e. The van der Waals surface area contributed by atoms with Crippen LogP contribution < -0.4 is 5.32 Å². The highest BCUT2D eigenvalue weighted by atomic mass is 32.1. The van der Waals surface area contributed by atoms with E-state index >= 15 is 0 Å². The molecule has 2 N–H and O–H groups in total. The van der Waals surface area contributed by atoms with E-state index in [2.05, 4.69) is 19.2 Å². The van der Waals surface area contributed by atoms with Gasteiger partial charge in [0.15, 0.2) is 0 Å². The number of aliphatic hydroxyl groups is 1. The molecule has 0 aliphatic rings. The monoisotopic (exact) mass is 305 g/mol. The number of hydrogen-bond acceptors (Lipinski definition) is 3. The van der Waals surface area contributed by atoms with Crippen LogP contribution in [0.3, 0.4) is 0 Å². The zero-order chi connectivity index (χ0) is 15.5. The Kier molecular flexibility index (Phi) is 5.01. The third-order valence-electron chi connectivity index (χ3n) is 4.51. The number of aryl methyl sites for hydroxylation is 1. The average Bonchev–Trinajstić information content (AvgIpc) is 2.87. The minimum Gasteiger partial charge on any atom is -0.396 e. The second-order valence-electron chi connectivity index (χ2n) is 5.60. The normalized spacial score (nSPS) is 11.8. The molecule has 0 unspecified atom stereocenters. The molecule has 21 heavy (non-hydrogen) atoms. The number of rotatable bonds is 6. The van der Waals surface area contributed by atoms with E-state index in [1.807, 2.05) is 31.2 Å². The van der Waals surface area contributed by atoms with Crippen molar-refractivity contribution in [1.82, 2.24) is 5.32 Å². The van der Waals surface area contributed by atoms with Gasteiger partial charge in [0.1, 0.15) is 0 Å². The van der Waals surface area contributed by atoms with Crippen LogP contribution >= 0.6 is 11.3 Å². The van der Waals surface area contributed by atoms with Gasteiger partial charge in [0, 0.05) is 16.7 Å². The number of fused-ring (bicyclic) bond motifs is 1. The van der Waals surface area contributed by atoms with Crippen LogP contribution in [0.2, 0.25) is 0 Å². The predicted molar refractivity (Wildman–Crippen MR) is 89.0 cm³/mol. The molecule has 2 rings (SSSR count). The van der Waals surface area contributed by atoms with Gasteiger partial charge in [0.2, 0.25) is 0 Å². The van der Waals surface area contributed by atoms with Gasteiger partial charge in [-0.1, -0.05) is 32.0 Å². The molecule has 0 radical (unpaired) electrons. The molecule has 0 fully saturated rings. The van der Waals surface area contributed by atoms with Gasteiger partial charge in [0.05, 0.1) is 11.5 Å². The number of carbonyl (C=O) groups is 1. The molecule has 1 heterocycles. The molecule has 0 saturated carbocycles. The summed E-state index contributed by atoms with van der Waals surface area (Å²) in [5.74, 6) is -0.0339. The zero-order valence-electron chi connectivity index (χ0n) is 12.9. The number of nitrogens with one attached hydrogen (secondary N) is 1. The first-order valence-corrected chi connectivity index (χ1v) is 8.25. The third-order valence-corrected chi connectivity index (χ3v) is 5.78. The van der Waals surface area contributed by atoms with E-state index in [4.69, 9.17) is 0 Å². The summed E-state index contributed by atoms with van der Waals surface area (Å²) in [5.41, 5.74) is 0.830. The average molecular weight is 305 g/mol. The fourth-order valence-corrected chi connectivity index (χ4v) is 3.64. The Morgan fingerprint density at radius 3 is 2.52 bits per heavy atom. The second-order valence-corrected chi connectivity index (χ2v) is 6.65. The number of aliphatic hydroxyl groups excluding tert-OH is 1. The van der Waals surface area contributed by atoms with Gasteiger partial charge in [-0.3, -0.25) is 4.79 Å². The topological polar surface area (TPSA) is 49.3 Å². The van der Waals surface area contributed by atoms with Crippen molar-refractivity contribution >= 4 is 27.3 Å². The number of amides is 1. The molecule has 0 aliphatic carbocycles. The summed E-state index contributed by atoms with van der Waals surface area (Å²) < 4.78 is 1.14. The standard InChI is InChI=1S/C17H23NO2S/c1-4-17(5-2,11-19)10-18-16(20)15-12(3)13-8-6-7-9-14(13)21-15/h6-9,19H,4-5,10-11H2,1-3H3,(H,18,20). The molecule has 114 valence electrons. The van der Waals surface area contributed by atoms with Crippen molar-refractivity contribution in [2.45, 2.75) is 33.6 Å². The fraction of sp³-hybridized carbons (Fsp3) is 0.471. The van der Waals surface area contributed by atoms with Gasteiger partial charge in [0.25, 0.3) is 5.91 Å². The van der Waals surface area contributed by atoms with Crippen LogP contribution in [0.4, 0.5) is 0 Å². The Hall–Kier alpha value is -1.39. The first-order chi connectivity index (χ1) is 10.1. The molecule has 0 atom stereocenters. The van der Waals surface area contributed by atoms with Crippen molar-refractivity contribution < 1.29 is 9.90 Å². The van der Waals surface area contributed by atoms with Crippen molar-refractivity contribution in [3.63, 3.8) is 0 Å². The maximum absolute atomic E-state index is 12.4. The quantitative estimate of drug-likeness (QED) is 0.854. The number of benzene rings is 1. The van der Waals surface area contributed by atoms with Crippen molar-refractivity contribution in [1.29, 1.82) is 0 Å². The van der Waals surface area contributed by atoms with Gasteiger partial charge in [-0.2, -0.15) is 0 Å². The SMILES string of the molecule is CCC(CC)(CO)CNC(=O)c1sc2ccccc2c1C. The number of thiophene rings is 1. The van der Waals surface area contributed by atoms with E-state index in [9.17, 15) is 9.90 Å². The molecule has 1 amide bonds. The molecule has 3 nitrogen and oxygen atoms in total. The van der Waals surface area contributed by atoms with Crippen molar-refractivity contribution in [3.05, 3.63) is 34.7 Å². The fourth-order valence-electron chi connectivity index (χ4n) is 2.52. The number of hydrogen-bond donors (Lipinski definition) is 2. The molecule has 1 aromatic heterocycles. The molecule has 0 bridgehead atoms. The van der Waals surface area contributed by atoms with E-state index in [1.165, 1.54) is 11.3 Å². The van der Waals surface area contributed by atoms with Crippen LogP contribution in [0.5, 0.6) is 0 Å². The molecule has 4 heteroatoms. The minimum absolute atomic E-state index is 0.0339. The number of carbonyl (C=O) groups excluding carboxylic acids is 1. The van der Waals surface area contributed by atoms with Crippen LogP contribution in [-0.4, -0.2) is 24.2 Å². The van der Waals surface area contributed by atoms with Crippen LogP contribution in [0, 0.1) is 12.3 Å². The van der Waals surface area contributed by atoms with Crippen LogP contribution in [-0.2, 0) is 0 Å². The Labute approximate surface area is 130 Å². The van der Waals surface area contributed by atoms with Crippen LogP contribution in [0.15, 0.2) is 24.3 Å². The Morgan fingerprint density at radius 1 is 1.29 bits per heavy atom.